The van der Waals surface area contributed by atoms with Gasteiger partial charge in [0.2, 0.25) is 17.7 Å². The molecule has 0 heterocycles. The van der Waals surface area contributed by atoms with Gasteiger partial charge in [0.05, 0.1) is 46.2 Å². The fourth-order valence-corrected chi connectivity index (χ4v) is 2.90. The lowest BCUT2D eigenvalue weighted by atomic mass is 9.88. The van der Waals surface area contributed by atoms with Crippen LogP contribution in [0.25, 0.3) is 0 Å². The van der Waals surface area contributed by atoms with E-state index in [9.17, 15) is 19.2 Å². The van der Waals surface area contributed by atoms with Gasteiger partial charge in [-0.2, -0.15) is 0 Å². The van der Waals surface area contributed by atoms with Crippen LogP contribution in [0.2, 0.25) is 0 Å². The summed E-state index contributed by atoms with van der Waals surface area (Å²) in [4.78, 5) is 47.2. The first-order valence-corrected chi connectivity index (χ1v) is 14.0. The van der Waals surface area contributed by atoms with Gasteiger partial charge in [0.15, 0.2) is 0 Å². The highest BCUT2D eigenvalue weighted by molar-refractivity contribution is 5.88. The van der Waals surface area contributed by atoms with Crippen LogP contribution in [-0.4, -0.2) is 96.0 Å². The van der Waals surface area contributed by atoms with E-state index in [0.717, 1.165) is 6.42 Å². The highest BCUT2D eigenvalue weighted by Gasteiger charge is 2.21. The third kappa shape index (κ3) is 25.9. The molecule has 0 bridgehead atoms. The second-order valence-corrected chi connectivity index (χ2v) is 11.5. The Morgan fingerprint density at radius 1 is 0.487 bits per heavy atom. The molecule has 0 aromatic carbocycles. The molecule has 0 rings (SSSR count). The van der Waals surface area contributed by atoms with Gasteiger partial charge in [-0.1, -0.05) is 41.5 Å². The van der Waals surface area contributed by atoms with E-state index in [-0.39, 0.29) is 54.6 Å². The first kappa shape index (κ1) is 36.9. The number of hydrogen-bond acceptors (Lipinski definition) is 8. The molecule has 39 heavy (non-hydrogen) atoms. The summed E-state index contributed by atoms with van der Waals surface area (Å²) in [5, 5.41) is 8.15. The standard InChI is InChI=1S/C28H53N3O8/c1-27(2,3)11-15-36-19-20-37-17-13-30-25(34)9-10-26(35)31-14-18-39-22-21-38-16-12-29-24(33)8-7-23(32)28(4,5)6/h7-22H2,1-6H3,(H,29,33)(H,30,34)(H,31,35). The Balaban J connectivity index is 3.47. The van der Waals surface area contributed by atoms with Gasteiger partial charge < -0.3 is 34.9 Å². The SMILES string of the molecule is CC(C)(C)CCOCCOCCNC(=O)CCC(=O)NCCOCCOCCNC(=O)CCC(=O)C(C)(C)C. The summed E-state index contributed by atoms with van der Waals surface area (Å²) in [6, 6.07) is 0. The van der Waals surface area contributed by atoms with E-state index in [1.165, 1.54) is 0 Å². The van der Waals surface area contributed by atoms with Gasteiger partial charge in [0, 0.05) is 57.3 Å². The minimum absolute atomic E-state index is 0.0636. The highest BCUT2D eigenvalue weighted by atomic mass is 16.5. The normalized spacial score (nSPS) is 11.7. The van der Waals surface area contributed by atoms with E-state index < -0.39 is 5.41 Å². The van der Waals surface area contributed by atoms with Crippen molar-refractivity contribution in [1.29, 1.82) is 0 Å². The molecular formula is C28H53N3O8. The summed E-state index contributed by atoms with van der Waals surface area (Å²) in [5.74, 6) is -0.515. The monoisotopic (exact) mass is 559 g/mol. The van der Waals surface area contributed by atoms with Crippen molar-refractivity contribution in [2.75, 3.05) is 72.5 Å². The number of Topliss-reactive ketones (excluding diaryl/α,β-unsaturated/α-hetero) is 1. The van der Waals surface area contributed by atoms with Crippen molar-refractivity contribution in [3.8, 4) is 0 Å². The maximum Gasteiger partial charge on any atom is 0.220 e. The Hall–Kier alpha value is -2.08. The van der Waals surface area contributed by atoms with E-state index in [1.54, 1.807) is 0 Å². The van der Waals surface area contributed by atoms with Crippen LogP contribution < -0.4 is 16.0 Å². The molecule has 0 unspecified atom stereocenters. The number of ketones is 1. The van der Waals surface area contributed by atoms with Crippen LogP contribution >= 0.6 is 0 Å². The molecule has 0 fully saturated rings. The molecule has 11 nitrogen and oxygen atoms in total. The number of ether oxygens (including phenoxy) is 4. The molecule has 0 aliphatic heterocycles. The smallest absolute Gasteiger partial charge is 0.220 e. The maximum absolute atomic E-state index is 11.8. The Bertz CT molecular complexity index is 702. The van der Waals surface area contributed by atoms with Crippen LogP contribution in [0.4, 0.5) is 0 Å². The number of carbonyl (C=O) groups is 4. The molecule has 0 aliphatic rings. The Kier molecular flexibility index (Phi) is 20.5. The number of nitrogens with one attached hydrogen (secondary N) is 3. The number of hydrogen-bond donors (Lipinski definition) is 3. The topological polar surface area (TPSA) is 141 Å². The van der Waals surface area contributed by atoms with Crippen LogP contribution in [0.5, 0.6) is 0 Å². The summed E-state index contributed by atoms with van der Waals surface area (Å²) in [7, 11) is 0. The van der Waals surface area contributed by atoms with Crippen molar-refractivity contribution in [3.63, 3.8) is 0 Å². The Labute approximate surface area is 234 Å². The molecule has 0 aromatic heterocycles. The lowest BCUT2D eigenvalue weighted by molar-refractivity contribution is -0.129. The lowest BCUT2D eigenvalue weighted by Crippen LogP contribution is -2.31. The summed E-state index contributed by atoms with van der Waals surface area (Å²) >= 11 is 0. The Morgan fingerprint density at radius 3 is 1.15 bits per heavy atom. The Morgan fingerprint density at radius 2 is 0.821 bits per heavy atom. The summed E-state index contributed by atoms with van der Waals surface area (Å²) in [6.07, 6.45) is 1.62. The van der Waals surface area contributed by atoms with Gasteiger partial charge in [-0.3, -0.25) is 19.2 Å². The second kappa shape index (κ2) is 21.7. The van der Waals surface area contributed by atoms with Crippen molar-refractivity contribution in [1.82, 2.24) is 16.0 Å². The molecule has 0 aromatic rings. The minimum Gasteiger partial charge on any atom is -0.379 e. The molecule has 3 N–H and O–H groups in total. The average Bonchev–Trinajstić information content (AvgIpc) is 2.84. The molecule has 0 radical (unpaired) electrons. The first-order valence-electron chi connectivity index (χ1n) is 14.0. The molecule has 0 saturated heterocycles. The van der Waals surface area contributed by atoms with E-state index >= 15 is 0 Å². The van der Waals surface area contributed by atoms with E-state index in [1.807, 2.05) is 20.8 Å². The number of amides is 3. The number of rotatable bonds is 23. The average molecular weight is 560 g/mol. The zero-order valence-corrected chi connectivity index (χ0v) is 25.1. The van der Waals surface area contributed by atoms with Gasteiger partial charge in [-0.25, -0.2) is 0 Å². The van der Waals surface area contributed by atoms with Crippen LogP contribution in [0.15, 0.2) is 0 Å². The summed E-state index contributed by atoms with van der Waals surface area (Å²) in [6.45, 7) is 16.6. The van der Waals surface area contributed by atoms with Crippen LogP contribution in [-0.2, 0) is 38.1 Å². The minimum atomic E-state index is -0.430. The molecule has 3 amide bonds. The third-order valence-corrected chi connectivity index (χ3v) is 5.44. The fourth-order valence-electron chi connectivity index (χ4n) is 2.90. The van der Waals surface area contributed by atoms with Gasteiger partial charge in [-0.05, 0) is 11.8 Å². The summed E-state index contributed by atoms with van der Waals surface area (Å²) in [5.41, 5.74) is -0.174. The quantitative estimate of drug-likeness (QED) is 0.162. The van der Waals surface area contributed by atoms with Crippen molar-refractivity contribution in [2.24, 2.45) is 10.8 Å². The van der Waals surface area contributed by atoms with E-state index in [4.69, 9.17) is 18.9 Å². The fraction of sp³-hybridized carbons (Fsp3) is 0.857. The van der Waals surface area contributed by atoms with Crippen molar-refractivity contribution in [2.45, 2.75) is 73.6 Å². The lowest BCUT2D eigenvalue weighted by Gasteiger charge is -2.17. The van der Waals surface area contributed by atoms with E-state index in [0.29, 0.717) is 72.5 Å². The van der Waals surface area contributed by atoms with Gasteiger partial charge in [0.1, 0.15) is 5.78 Å². The van der Waals surface area contributed by atoms with Crippen molar-refractivity contribution < 1.29 is 38.1 Å². The zero-order chi connectivity index (χ0) is 29.6. The zero-order valence-electron chi connectivity index (χ0n) is 25.1. The summed E-state index contributed by atoms with van der Waals surface area (Å²) < 4.78 is 21.7. The molecule has 228 valence electrons. The second-order valence-electron chi connectivity index (χ2n) is 11.5. The largest absolute Gasteiger partial charge is 0.379 e. The van der Waals surface area contributed by atoms with Gasteiger partial charge in [-0.15, -0.1) is 0 Å². The van der Waals surface area contributed by atoms with Gasteiger partial charge in [0.25, 0.3) is 0 Å². The number of carbonyl (C=O) groups excluding carboxylic acids is 4. The molecular weight excluding hydrogens is 506 g/mol. The molecule has 11 heteroatoms. The van der Waals surface area contributed by atoms with Crippen LogP contribution in [0, 0.1) is 10.8 Å². The van der Waals surface area contributed by atoms with Crippen LogP contribution in [0.1, 0.15) is 73.6 Å². The van der Waals surface area contributed by atoms with Gasteiger partial charge >= 0.3 is 0 Å². The maximum atomic E-state index is 11.8. The first-order chi connectivity index (χ1) is 18.3. The predicted molar refractivity (Wildman–Crippen MR) is 149 cm³/mol. The van der Waals surface area contributed by atoms with Crippen molar-refractivity contribution in [3.05, 3.63) is 0 Å². The molecule has 0 spiro atoms. The van der Waals surface area contributed by atoms with Crippen LogP contribution in [0.3, 0.4) is 0 Å². The molecule has 0 saturated carbocycles. The predicted octanol–water partition coefficient (Wildman–Crippen LogP) is 2.01. The van der Waals surface area contributed by atoms with Crippen molar-refractivity contribution >= 4 is 23.5 Å². The molecule has 0 aliphatic carbocycles. The molecule has 0 atom stereocenters. The third-order valence-electron chi connectivity index (χ3n) is 5.44. The highest BCUT2D eigenvalue weighted by Crippen LogP contribution is 2.18. The van der Waals surface area contributed by atoms with E-state index in [2.05, 4.69) is 36.7 Å².